The topological polar surface area (TPSA) is 108 Å². The second kappa shape index (κ2) is 10.5. The Kier molecular flexibility index (Phi) is 7.73. The predicted octanol–water partition coefficient (Wildman–Crippen LogP) is 5.02. The Morgan fingerprint density at radius 1 is 1.27 bits per heavy atom. The van der Waals surface area contributed by atoms with E-state index >= 15 is 0 Å². The van der Waals surface area contributed by atoms with Crippen LogP contribution in [-0.2, 0) is 16.7 Å². The zero-order valence-electron chi connectivity index (χ0n) is 19.1. The van der Waals surface area contributed by atoms with Gasteiger partial charge in [0.25, 0.3) is 0 Å². The fraction of sp³-hybridized carbons (Fsp3) is 0.565. The molecule has 0 bridgehead atoms. The molecule has 8 nitrogen and oxygen atoms in total. The lowest BCUT2D eigenvalue weighted by Gasteiger charge is -2.32. The Bertz CT molecular complexity index is 1010. The number of hydrogen-bond acceptors (Lipinski definition) is 6. The number of aromatic nitrogens is 2. The molecule has 1 aromatic heterocycles. The summed E-state index contributed by atoms with van der Waals surface area (Å²) in [7, 11) is 0. The molecule has 2 heterocycles. The fourth-order valence-electron chi connectivity index (χ4n) is 4.79. The molecule has 0 spiro atoms. The minimum Gasteiger partial charge on any atom is -0.491 e. The summed E-state index contributed by atoms with van der Waals surface area (Å²) in [5.74, 6) is 2.05. The molecule has 2 aromatic rings. The first-order chi connectivity index (χ1) is 15.8. The van der Waals surface area contributed by atoms with Gasteiger partial charge in [-0.25, -0.2) is 13.9 Å². The van der Waals surface area contributed by atoms with Crippen molar-refractivity contribution in [1.82, 2.24) is 14.7 Å². The van der Waals surface area contributed by atoms with E-state index in [0.29, 0.717) is 29.9 Å². The van der Waals surface area contributed by atoms with E-state index in [1.165, 1.54) is 5.56 Å². The van der Waals surface area contributed by atoms with Crippen molar-refractivity contribution in [3.8, 4) is 5.75 Å². The average molecular weight is 494 g/mol. The lowest BCUT2D eigenvalue weighted by molar-refractivity contribution is 0.315. The van der Waals surface area contributed by atoms with Crippen LogP contribution in [0.15, 0.2) is 24.4 Å². The minimum absolute atomic E-state index is 0.0271. The number of nitrogens with zero attached hydrogens (tertiary/aromatic N) is 2. The normalized spacial score (nSPS) is 23.0. The number of fused-ring (bicyclic) bond motifs is 1. The summed E-state index contributed by atoms with van der Waals surface area (Å²) in [6.45, 7) is 5.62. The molecule has 0 radical (unpaired) electrons. The van der Waals surface area contributed by atoms with Crippen LogP contribution in [0.5, 0.6) is 5.75 Å². The first kappa shape index (κ1) is 24.2. The molecule has 180 valence electrons. The highest BCUT2D eigenvalue weighted by molar-refractivity contribution is 7.77. The molecule has 2 aliphatic rings. The Labute approximate surface area is 202 Å². The fourth-order valence-corrected chi connectivity index (χ4v) is 5.29. The lowest BCUT2D eigenvalue weighted by Crippen LogP contribution is -2.39. The molecule has 1 aliphatic carbocycles. The van der Waals surface area contributed by atoms with Crippen LogP contribution in [0.3, 0.4) is 0 Å². The second-order valence-corrected chi connectivity index (χ2v) is 10.6. The van der Waals surface area contributed by atoms with Crippen LogP contribution in [0.1, 0.15) is 57.9 Å². The van der Waals surface area contributed by atoms with Gasteiger partial charge in [0.05, 0.1) is 18.5 Å². The van der Waals surface area contributed by atoms with Crippen LogP contribution in [0.2, 0.25) is 5.02 Å². The molecule has 0 amide bonds. The maximum absolute atomic E-state index is 11.1. The zero-order chi connectivity index (χ0) is 23.4. The van der Waals surface area contributed by atoms with Gasteiger partial charge in [-0.2, -0.15) is 4.98 Å². The Balaban J connectivity index is 1.54. The zero-order valence-corrected chi connectivity index (χ0v) is 20.6. The van der Waals surface area contributed by atoms with E-state index in [-0.39, 0.29) is 17.4 Å². The number of hydrogen-bond donors (Lipinski definition) is 4. The van der Waals surface area contributed by atoms with E-state index in [1.807, 2.05) is 12.1 Å². The summed E-state index contributed by atoms with van der Waals surface area (Å²) >= 11 is 4.40. The van der Waals surface area contributed by atoms with Crippen molar-refractivity contribution in [1.29, 1.82) is 0 Å². The lowest BCUT2D eigenvalue weighted by atomic mass is 9.80. The molecular formula is C23H32ClN5O3S. The van der Waals surface area contributed by atoms with Crippen LogP contribution in [0, 0.1) is 5.92 Å². The van der Waals surface area contributed by atoms with E-state index in [2.05, 4.69) is 45.2 Å². The van der Waals surface area contributed by atoms with Crippen molar-refractivity contribution < 1.29 is 13.5 Å². The summed E-state index contributed by atoms with van der Waals surface area (Å²) < 4.78 is 28.9. The van der Waals surface area contributed by atoms with Crippen molar-refractivity contribution in [2.24, 2.45) is 5.92 Å². The predicted molar refractivity (Wildman–Crippen MR) is 133 cm³/mol. The molecule has 1 aromatic carbocycles. The van der Waals surface area contributed by atoms with Crippen LogP contribution in [0.4, 0.5) is 17.5 Å². The smallest absolute Gasteiger partial charge is 0.231 e. The van der Waals surface area contributed by atoms with Gasteiger partial charge in [0.1, 0.15) is 10.8 Å². The second-order valence-electron chi connectivity index (χ2n) is 9.43. The molecular weight excluding hydrogens is 462 g/mol. The van der Waals surface area contributed by atoms with Crippen molar-refractivity contribution in [3.05, 3.63) is 35.0 Å². The Morgan fingerprint density at radius 3 is 2.91 bits per heavy atom. The van der Waals surface area contributed by atoms with Gasteiger partial charge in [-0.15, -0.1) is 0 Å². The number of halogens is 1. The number of anilines is 3. The van der Waals surface area contributed by atoms with Gasteiger partial charge < -0.3 is 15.4 Å². The molecule has 10 heteroatoms. The van der Waals surface area contributed by atoms with Gasteiger partial charge in [-0.05, 0) is 43.1 Å². The number of para-hydroxylation sites is 1. The van der Waals surface area contributed by atoms with E-state index in [4.69, 9.17) is 20.9 Å². The monoisotopic (exact) mass is 493 g/mol. The molecule has 4 rings (SSSR count). The van der Waals surface area contributed by atoms with Gasteiger partial charge in [-0.1, -0.05) is 50.4 Å². The maximum atomic E-state index is 11.1. The number of rotatable bonds is 7. The van der Waals surface area contributed by atoms with Crippen LogP contribution in [0.25, 0.3) is 0 Å². The third-order valence-electron chi connectivity index (χ3n) is 6.63. The maximum Gasteiger partial charge on any atom is 0.231 e. The summed E-state index contributed by atoms with van der Waals surface area (Å²) in [5.41, 5.74) is 2.04. The number of benzene rings is 1. The van der Waals surface area contributed by atoms with Gasteiger partial charge in [0.15, 0.2) is 5.82 Å². The van der Waals surface area contributed by atoms with E-state index in [0.717, 1.165) is 50.0 Å². The van der Waals surface area contributed by atoms with Crippen molar-refractivity contribution in [2.75, 3.05) is 23.8 Å². The number of nitrogens with one attached hydrogen (secondary N) is 3. The first-order valence-electron chi connectivity index (χ1n) is 11.5. The Hall–Kier alpha value is -1.94. The van der Waals surface area contributed by atoms with Crippen LogP contribution >= 0.6 is 11.6 Å². The molecule has 3 atom stereocenters. The van der Waals surface area contributed by atoms with Crippen molar-refractivity contribution in [3.63, 3.8) is 0 Å². The molecule has 4 N–H and O–H groups in total. The highest BCUT2D eigenvalue weighted by Gasteiger charge is 2.29. The average Bonchev–Trinajstić information content (AvgIpc) is 2.94. The van der Waals surface area contributed by atoms with Gasteiger partial charge >= 0.3 is 0 Å². The van der Waals surface area contributed by atoms with Crippen LogP contribution < -0.4 is 20.1 Å². The standard InChI is InChI=1S/C23H32ClN5O3S/c1-23(2)11-6-12-32-20-16(23)8-5-10-19(20)28-22-25-14-17(24)21(29-22)27-18-9-4-3-7-15(18)13-26-33(30)31/h5,8,10,14-15,18,26H,3-4,6-7,9,11-13H2,1-2H3,(H,30,31)(H2,25,27,28,29)/t15-,18-/m1/s1. The molecule has 33 heavy (non-hydrogen) atoms. The molecule has 1 unspecified atom stereocenters. The minimum atomic E-state index is -2.02. The SMILES string of the molecule is CC1(C)CCCOc2c(Nc3ncc(Cl)c(N[C@@H]4CCCC[C@@H]4CNS(=O)O)n3)cccc21. The third-order valence-corrected chi connectivity index (χ3v) is 7.32. The third kappa shape index (κ3) is 5.95. The highest BCUT2D eigenvalue weighted by Crippen LogP contribution is 2.42. The van der Waals surface area contributed by atoms with Crippen LogP contribution in [-0.4, -0.2) is 37.9 Å². The molecule has 1 aliphatic heterocycles. The van der Waals surface area contributed by atoms with Gasteiger partial charge in [-0.3, -0.25) is 4.55 Å². The summed E-state index contributed by atoms with van der Waals surface area (Å²) in [5, 5.41) is 7.22. The molecule has 1 fully saturated rings. The quantitative estimate of drug-likeness (QED) is 0.401. The Morgan fingerprint density at radius 2 is 2.09 bits per heavy atom. The largest absolute Gasteiger partial charge is 0.491 e. The van der Waals surface area contributed by atoms with Gasteiger partial charge in [0.2, 0.25) is 17.2 Å². The van der Waals surface area contributed by atoms with E-state index in [9.17, 15) is 4.21 Å². The summed E-state index contributed by atoms with van der Waals surface area (Å²) in [4.78, 5) is 9.03. The molecule has 0 saturated heterocycles. The van der Waals surface area contributed by atoms with Gasteiger partial charge in [0, 0.05) is 18.2 Å². The van der Waals surface area contributed by atoms with Crippen molar-refractivity contribution >= 4 is 40.3 Å². The summed E-state index contributed by atoms with van der Waals surface area (Å²) in [6.07, 6.45) is 7.77. The molecule has 1 saturated carbocycles. The first-order valence-corrected chi connectivity index (χ1v) is 13.0. The highest BCUT2D eigenvalue weighted by atomic mass is 35.5. The van der Waals surface area contributed by atoms with E-state index in [1.54, 1.807) is 6.20 Å². The summed E-state index contributed by atoms with van der Waals surface area (Å²) in [6, 6.07) is 6.23. The van der Waals surface area contributed by atoms with Crippen molar-refractivity contribution in [2.45, 2.75) is 63.8 Å². The number of ether oxygens (including phenoxy) is 1. The van der Waals surface area contributed by atoms with E-state index < -0.39 is 11.3 Å².